The number of aromatic nitrogens is 1. The first-order chi connectivity index (χ1) is 13.3. The zero-order valence-electron chi connectivity index (χ0n) is 15.3. The molecule has 1 amide bonds. The molecule has 0 unspecified atom stereocenters. The molecule has 3 rings (SSSR count). The summed E-state index contributed by atoms with van der Waals surface area (Å²) in [7, 11) is 1.32. The van der Waals surface area contributed by atoms with E-state index in [0.717, 1.165) is 0 Å². The van der Waals surface area contributed by atoms with E-state index < -0.39 is 10.8 Å². The van der Waals surface area contributed by atoms with Gasteiger partial charge in [-0.05, 0) is 25.5 Å². The highest BCUT2D eigenvalue weighted by Gasteiger charge is 2.25. The minimum Gasteiger partial charge on any atom is -0.490 e. The van der Waals surface area contributed by atoms with Crippen LogP contribution < -0.4 is 10.1 Å². The maximum absolute atomic E-state index is 12.9. The van der Waals surface area contributed by atoms with E-state index in [2.05, 4.69) is 10.5 Å². The molecule has 0 saturated heterocycles. The molecule has 0 spiro atoms. The Hall–Kier alpha value is -3.39. The second-order valence-electron chi connectivity index (χ2n) is 5.99. The lowest BCUT2D eigenvalue weighted by Gasteiger charge is -2.11. The number of carbonyl (C=O) groups is 1. The van der Waals surface area contributed by atoms with Crippen LogP contribution >= 0.6 is 11.6 Å². The van der Waals surface area contributed by atoms with Gasteiger partial charge in [0.25, 0.3) is 5.91 Å². The smallest absolute Gasteiger partial charge is 0.311 e. The Balaban J connectivity index is 2.01. The molecule has 3 aromatic rings. The van der Waals surface area contributed by atoms with E-state index in [0.29, 0.717) is 33.3 Å². The van der Waals surface area contributed by atoms with E-state index in [9.17, 15) is 14.9 Å². The second-order valence-corrected chi connectivity index (χ2v) is 6.40. The van der Waals surface area contributed by atoms with Crippen molar-refractivity contribution in [2.45, 2.75) is 13.8 Å². The minimum atomic E-state index is -0.545. The predicted molar refractivity (Wildman–Crippen MR) is 104 cm³/mol. The van der Waals surface area contributed by atoms with Crippen LogP contribution in [0.15, 0.2) is 40.9 Å². The van der Waals surface area contributed by atoms with Crippen LogP contribution in [0.1, 0.15) is 21.7 Å². The van der Waals surface area contributed by atoms with E-state index in [-0.39, 0.29) is 17.0 Å². The van der Waals surface area contributed by atoms with Gasteiger partial charge in [-0.15, -0.1) is 0 Å². The molecule has 144 valence electrons. The summed E-state index contributed by atoms with van der Waals surface area (Å²) in [6, 6.07) is 9.71. The maximum Gasteiger partial charge on any atom is 0.311 e. The molecule has 0 aliphatic rings. The lowest BCUT2D eigenvalue weighted by molar-refractivity contribution is -0.385. The Morgan fingerprint density at radius 3 is 2.64 bits per heavy atom. The standard InChI is InChI=1S/C19H16ClN3O5/c1-10-8-15(23(25)26)16(27-3)9-14(10)21-19(24)17-11(2)28-22-18(17)12-6-4-5-7-13(12)20/h4-9H,1-3H3,(H,21,24). The van der Waals surface area contributed by atoms with Crippen molar-refractivity contribution in [1.29, 1.82) is 0 Å². The van der Waals surface area contributed by atoms with E-state index in [1.54, 1.807) is 38.1 Å². The number of hydrogen-bond donors (Lipinski definition) is 1. The lowest BCUT2D eigenvalue weighted by atomic mass is 10.0. The monoisotopic (exact) mass is 401 g/mol. The van der Waals surface area contributed by atoms with Gasteiger partial charge in [0.1, 0.15) is 17.0 Å². The first-order valence-electron chi connectivity index (χ1n) is 8.19. The fraction of sp³-hybridized carbons (Fsp3) is 0.158. The number of nitrogens with one attached hydrogen (secondary N) is 1. The molecule has 2 aromatic carbocycles. The van der Waals surface area contributed by atoms with Crippen LogP contribution in [0.5, 0.6) is 5.75 Å². The molecule has 1 aromatic heterocycles. The van der Waals surface area contributed by atoms with Gasteiger partial charge in [0.2, 0.25) is 0 Å². The van der Waals surface area contributed by atoms with Crippen molar-refractivity contribution < 1.29 is 19.0 Å². The van der Waals surface area contributed by atoms with Gasteiger partial charge in [-0.25, -0.2) is 0 Å². The number of anilines is 1. The summed E-state index contributed by atoms with van der Waals surface area (Å²) in [6.45, 7) is 3.27. The quantitative estimate of drug-likeness (QED) is 0.486. The molecular formula is C19H16ClN3O5. The third-order valence-electron chi connectivity index (χ3n) is 4.19. The van der Waals surface area contributed by atoms with Gasteiger partial charge < -0.3 is 14.6 Å². The van der Waals surface area contributed by atoms with E-state index in [1.807, 2.05) is 0 Å². The van der Waals surface area contributed by atoms with E-state index in [1.165, 1.54) is 19.2 Å². The molecule has 28 heavy (non-hydrogen) atoms. The summed E-state index contributed by atoms with van der Waals surface area (Å²) < 4.78 is 10.3. The van der Waals surface area contributed by atoms with Crippen molar-refractivity contribution in [3.63, 3.8) is 0 Å². The first kappa shape index (κ1) is 19.4. The number of benzene rings is 2. The van der Waals surface area contributed by atoms with Crippen LogP contribution in [0.2, 0.25) is 5.02 Å². The fourth-order valence-electron chi connectivity index (χ4n) is 2.78. The number of nitro benzene ring substituents is 1. The Morgan fingerprint density at radius 1 is 1.29 bits per heavy atom. The second kappa shape index (κ2) is 7.69. The van der Waals surface area contributed by atoms with Crippen molar-refractivity contribution in [2.24, 2.45) is 0 Å². The van der Waals surface area contributed by atoms with E-state index in [4.69, 9.17) is 20.9 Å². The number of amides is 1. The average molecular weight is 402 g/mol. The van der Waals surface area contributed by atoms with Gasteiger partial charge in [0, 0.05) is 23.4 Å². The van der Waals surface area contributed by atoms with Crippen molar-refractivity contribution in [3.05, 3.63) is 68.4 Å². The summed E-state index contributed by atoms with van der Waals surface area (Å²) in [5, 5.41) is 18.3. The topological polar surface area (TPSA) is 108 Å². The maximum atomic E-state index is 12.9. The Kier molecular flexibility index (Phi) is 5.32. The fourth-order valence-corrected chi connectivity index (χ4v) is 3.00. The number of nitro groups is 1. The van der Waals surface area contributed by atoms with Crippen LogP contribution in [-0.4, -0.2) is 23.1 Å². The molecule has 8 nitrogen and oxygen atoms in total. The van der Waals surface area contributed by atoms with Crippen LogP contribution in [0.3, 0.4) is 0 Å². The molecule has 0 bridgehead atoms. The molecular weight excluding hydrogens is 386 g/mol. The third-order valence-corrected chi connectivity index (χ3v) is 4.52. The average Bonchev–Trinajstić information content (AvgIpc) is 3.04. The largest absolute Gasteiger partial charge is 0.490 e. The number of carbonyl (C=O) groups excluding carboxylic acids is 1. The SMILES string of the molecule is COc1cc(NC(=O)c2c(-c3ccccc3Cl)noc2C)c(C)cc1[N+](=O)[O-]. The summed E-state index contributed by atoms with van der Waals surface area (Å²) in [6.07, 6.45) is 0. The van der Waals surface area contributed by atoms with Crippen LogP contribution in [-0.2, 0) is 0 Å². The molecule has 0 saturated carbocycles. The number of rotatable bonds is 5. The van der Waals surface area contributed by atoms with Crippen molar-refractivity contribution >= 4 is 28.9 Å². The zero-order chi connectivity index (χ0) is 20.4. The predicted octanol–water partition coefficient (Wildman–Crippen LogP) is 4.78. The first-order valence-corrected chi connectivity index (χ1v) is 8.56. The Bertz CT molecular complexity index is 1080. The van der Waals surface area contributed by atoms with Crippen LogP contribution in [0.4, 0.5) is 11.4 Å². The normalized spacial score (nSPS) is 10.6. The number of hydrogen-bond acceptors (Lipinski definition) is 6. The summed E-state index contributed by atoms with van der Waals surface area (Å²) in [5.41, 5.74) is 1.80. The van der Waals surface area contributed by atoms with Crippen LogP contribution in [0.25, 0.3) is 11.3 Å². The van der Waals surface area contributed by atoms with Gasteiger partial charge in [-0.3, -0.25) is 14.9 Å². The summed E-state index contributed by atoms with van der Waals surface area (Å²) in [4.78, 5) is 23.5. The molecule has 0 aliphatic heterocycles. The third kappa shape index (κ3) is 3.54. The molecule has 0 aliphatic carbocycles. The minimum absolute atomic E-state index is 0.0410. The highest BCUT2D eigenvalue weighted by atomic mass is 35.5. The van der Waals surface area contributed by atoms with Gasteiger partial charge in [0.15, 0.2) is 5.75 Å². The van der Waals surface area contributed by atoms with Gasteiger partial charge in [-0.1, -0.05) is 35.0 Å². The highest BCUT2D eigenvalue weighted by molar-refractivity contribution is 6.33. The number of nitrogens with zero attached hydrogens (tertiary/aromatic N) is 2. The summed E-state index contributed by atoms with van der Waals surface area (Å²) in [5.74, 6) is -0.120. The van der Waals surface area contributed by atoms with E-state index >= 15 is 0 Å². The molecule has 1 N–H and O–H groups in total. The van der Waals surface area contributed by atoms with Crippen molar-refractivity contribution in [1.82, 2.24) is 5.16 Å². The summed E-state index contributed by atoms with van der Waals surface area (Å²) >= 11 is 6.22. The van der Waals surface area contributed by atoms with Gasteiger partial charge in [-0.2, -0.15) is 0 Å². The molecule has 0 atom stereocenters. The Morgan fingerprint density at radius 2 is 2.00 bits per heavy atom. The number of halogens is 1. The number of ether oxygens (including phenoxy) is 1. The number of methoxy groups -OCH3 is 1. The Labute approximate surface area is 165 Å². The number of aryl methyl sites for hydroxylation is 2. The zero-order valence-corrected chi connectivity index (χ0v) is 16.0. The van der Waals surface area contributed by atoms with Crippen LogP contribution in [0, 0.1) is 24.0 Å². The highest BCUT2D eigenvalue weighted by Crippen LogP contribution is 2.35. The van der Waals surface area contributed by atoms with Gasteiger partial charge >= 0.3 is 5.69 Å². The molecule has 9 heteroatoms. The van der Waals surface area contributed by atoms with Gasteiger partial charge in [0.05, 0.1) is 17.1 Å². The van der Waals surface area contributed by atoms with Crippen molar-refractivity contribution in [2.75, 3.05) is 12.4 Å². The van der Waals surface area contributed by atoms with Crippen molar-refractivity contribution in [3.8, 4) is 17.0 Å². The molecule has 1 heterocycles. The molecule has 0 radical (unpaired) electrons. The lowest BCUT2D eigenvalue weighted by Crippen LogP contribution is -2.14. The molecule has 0 fully saturated rings.